The minimum Gasteiger partial charge on any atom is -0.481 e. The molecule has 3 aromatic heterocycles. The van der Waals surface area contributed by atoms with Gasteiger partial charge in [-0.05, 0) is 73.9 Å². The number of hydrogen-bond acceptors (Lipinski definition) is 6. The predicted molar refractivity (Wildman–Crippen MR) is 160 cm³/mol. The SMILES string of the molecule is COCCCn1ccc2c(OC)nccc21.Nc1ccc(-c2ccc(CCCC(=O)N3CCCCC3)cc2)cn1. The molecule has 0 aliphatic carbocycles. The zero-order chi connectivity index (χ0) is 28.2. The molecule has 1 saturated heterocycles. The van der Waals surface area contributed by atoms with E-state index in [2.05, 4.69) is 45.0 Å². The number of carbonyl (C=O) groups is 1. The Balaban J connectivity index is 0.000000201. The Kier molecular flexibility index (Phi) is 10.9. The lowest BCUT2D eigenvalue weighted by Gasteiger charge is -2.26. The van der Waals surface area contributed by atoms with Crippen molar-refractivity contribution in [1.29, 1.82) is 0 Å². The summed E-state index contributed by atoms with van der Waals surface area (Å²) < 4.78 is 12.5. The molecule has 8 heteroatoms. The number of benzene rings is 1. The molecule has 1 aliphatic rings. The molecular weight excluding hydrogens is 502 g/mol. The van der Waals surface area contributed by atoms with Crippen LogP contribution in [0.15, 0.2) is 67.1 Å². The molecule has 8 nitrogen and oxygen atoms in total. The number of piperidine rings is 1. The second-order valence-electron chi connectivity index (χ2n) is 10.1. The third-order valence-corrected chi connectivity index (χ3v) is 7.24. The van der Waals surface area contributed by atoms with Gasteiger partial charge in [0.15, 0.2) is 0 Å². The highest BCUT2D eigenvalue weighted by atomic mass is 16.5. The van der Waals surface area contributed by atoms with Gasteiger partial charge < -0.3 is 24.7 Å². The lowest BCUT2D eigenvalue weighted by atomic mass is 10.0. The Morgan fingerprint density at radius 3 is 2.40 bits per heavy atom. The van der Waals surface area contributed by atoms with E-state index in [1.807, 2.05) is 29.2 Å². The average molecular weight is 544 g/mol. The molecule has 4 aromatic rings. The van der Waals surface area contributed by atoms with Gasteiger partial charge in [-0.15, -0.1) is 0 Å². The number of nitrogens with zero attached hydrogens (tertiary/aromatic N) is 4. The molecule has 40 heavy (non-hydrogen) atoms. The average Bonchev–Trinajstić information content (AvgIpc) is 3.42. The number of rotatable bonds is 10. The van der Waals surface area contributed by atoms with Gasteiger partial charge in [0.1, 0.15) is 5.82 Å². The number of ether oxygens (including phenoxy) is 2. The Morgan fingerprint density at radius 1 is 0.925 bits per heavy atom. The molecule has 1 amide bonds. The van der Waals surface area contributed by atoms with Crippen LogP contribution in [0.4, 0.5) is 5.82 Å². The highest BCUT2D eigenvalue weighted by Crippen LogP contribution is 2.24. The molecule has 0 atom stereocenters. The van der Waals surface area contributed by atoms with Crippen LogP contribution in [0.5, 0.6) is 5.88 Å². The second-order valence-corrected chi connectivity index (χ2v) is 10.1. The van der Waals surface area contributed by atoms with Gasteiger partial charge in [0.05, 0.1) is 18.0 Å². The van der Waals surface area contributed by atoms with E-state index in [0.717, 1.165) is 80.4 Å². The smallest absolute Gasteiger partial charge is 0.222 e. The third-order valence-electron chi connectivity index (χ3n) is 7.24. The lowest BCUT2D eigenvalue weighted by molar-refractivity contribution is -0.132. The van der Waals surface area contributed by atoms with Crippen molar-refractivity contribution in [3.05, 3.63) is 72.7 Å². The molecule has 212 valence electrons. The monoisotopic (exact) mass is 543 g/mol. The maximum absolute atomic E-state index is 12.2. The molecule has 0 saturated carbocycles. The number of carbonyl (C=O) groups excluding carboxylic acids is 1. The van der Waals surface area contributed by atoms with E-state index in [1.165, 1.54) is 12.0 Å². The van der Waals surface area contributed by atoms with Crippen molar-refractivity contribution >= 4 is 22.6 Å². The fraction of sp³-hybridized carbons (Fsp3) is 0.406. The summed E-state index contributed by atoms with van der Waals surface area (Å²) >= 11 is 0. The summed E-state index contributed by atoms with van der Waals surface area (Å²) in [6.07, 6.45) is 12.7. The third kappa shape index (κ3) is 8.05. The Bertz CT molecular complexity index is 1330. The van der Waals surface area contributed by atoms with Crippen molar-refractivity contribution in [2.45, 2.75) is 51.5 Å². The summed E-state index contributed by atoms with van der Waals surface area (Å²) in [5.74, 6) is 1.54. The second kappa shape index (κ2) is 15.0. The molecule has 2 N–H and O–H groups in total. The van der Waals surface area contributed by atoms with Gasteiger partial charge in [0, 0.05) is 63.9 Å². The highest BCUT2D eigenvalue weighted by molar-refractivity contribution is 5.84. The highest BCUT2D eigenvalue weighted by Gasteiger charge is 2.15. The molecule has 1 aliphatic heterocycles. The Hall–Kier alpha value is -3.91. The molecule has 1 fully saturated rings. The fourth-order valence-electron chi connectivity index (χ4n) is 5.02. The van der Waals surface area contributed by atoms with Crippen LogP contribution in [-0.2, 0) is 22.5 Å². The Morgan fingerprint density at radius 2 is 1.70 bits per heavy atom. The number of pyridine rings is 2. The van der Waals surface area contributed by atoms with Gasteiger partial charge in [-0.1, -0.05) is 24.3 Å². The number of methoxy groups -OCH3 is 2. The van der Waals surface area contributed by atoms with Crippen LogP contribution >= 0.6 is 0 Å². The summed E-state index contributed by atoms with van der Waals surface area (Å²) in [7, 11) is 3.37. The van der Waals surface area contributed by atoms with E-state index in [0.29, 0.717) is 24.0 Å². The van der Waals surface area contributed by atoms with Gasteiger partial charge in [-0.25, -0.2) is 9.97 Å². The minimum atomic E-state index is 0.319. The molecule has 0 radical (unpaired) electrons. The molecule has 0 spiro atoms. The van der Waals surface area contributed by atoms with E-state index in [4.69, 9.17) is 15.2 Å². The van der Waals surface area contributed by atoms with E-state index in [1.54, 1.807) is 26.6 Å². The van der Waals surface area contributed by atoms with Crippen LogP contribution in [0.25, 0.3) is 22.0 Å². The number of aryl methyl sites for hydroxylation is 2. The first-order valence-electron chi connectivity index (χ1n) is 14.1. The lowest BCUT2D eigenvalue weighted by Crippen LogP contribution is -2.35. The summed E-state index contributed by atoms with van der Waals surface area (Å²) in [4.78, 5) is 22.5. The van der Waals surface area contributed by atoms with Crippen molar-refractivity contribution in [1.82, 2.24) is 19.4 Å². The van der Waals surface area contributed by atoms with E-state index >= 15 is 0 Å². The van der Waals surface area contributed by atoms with Crippen LogP contribution in [0.1, 0.15) is 44.1 Å². The zero-order valence-electron chi connectivity index (χ0n) is 23.7. The predicted octanol–water partition coefficient (Wildman–Crippen LogP) is 5.75. The molecule has 0 unspecified atom stereocenters. The number of aromatic nitrogens is 3. The maximum atomic E-state index is 12.2. The fourth-order valence-corrected chi connectivity index (χ4v) is 5.02. The first-order valence-corrected chi connectivity index (χ1v) is 14.1. The van der Waals surface area contributed by atoms with Crippen LogP contribution in [-0.4, -0.2) is 59.3 Å². The minimum absolute atomic E-state index is 0.319. The first kappa shape index (κ1) is 29.1. The number of amides is 1. The van der Waals surface area contributed by atoms with E-state index in [9.17, 15) is 4.79 Å². The van der Waals surface area contributed by atoms with Gasteiger partial charge in [0.2, 0.25) is 11.8 Å². The molecule has 5 rings (SSSR count). The number of hydrogen-bond donors (Lipinski definition) is 1. The van der Waals surface area contributed by atoms with Gasteiger partial charge in [-0.3, -0.25) is 4.79 Å². The van der Waals surface area contributed by atoms with Gasteiger partial charge in [0.25, 0.3) is 0 Å². The van der Waals surface area contributed by atoms with Crippen molar-refractivity contribution in [2.24, 2.45) is 0 Å². The summed E-state index contributed by atoms with van der Waals surface area (Å²) in [5, 5.41) is 1.06. The number of nitrogens with two attached hydrogens (primary N) is 1. The molecule has 4 heterocycles. The topological polar surface area (TPSA) is 95.5 Å². The summed E-state index contributed by atoms with van der Waals surface area (Å²) in [6.45, 7) is 3.62. The number of likely N-dealkylation sites (tertiary alicyclic amines) is 1. The van der Waals surface area contributed by atoms with Crippen LogP contribution in [0, 0.1) is 0 Å². The van der Waals surface area contributed by atoms with Crippen LogP contribution in [0.3, 0.4) is 0 Å². The first-order chi connectivity index (χ1) is 19.6. The molecule has 1 aromatic carbocycles. The number of nitrogen functional groups attached to an aromatic ring is 1. The Labute approximate surface area is 237 Å². The summed E-state index contributed by atoms with van der Waals surface area (Å²) in [5.41, 5.74) is 10.2. The van der Waals surface area contributed by atoms with Gasteiger partial charge >= 0.3 is 0 Å². The van der Waals surface area contributed by atoms with Crippen molar-refractivity contribution in [2.75, 3.05) is 39.6 Å². The molecular formula is C32H41N5O3. The van der Waals surface area contributed by atoms with Crippen LogP contribution in [0.2, 0.25) is 0 Å². The van der Waals surface area contributed by atoms with E-state index < -0.39 is 0 Å². The van der Waals surface area contributed by atoms with E-state index in [-0.39, 0.29) is 0 Å². The summed E-state index contributed by atoms with van der Waals surface area (Å²) in [6, 6.07) is 16.3. The number of anilines is 1. The largest absolute Gasteiger partial charge is 0.481 e. The zero-order valence-corrected chi connectivity index (χ0v) is 23.7. The van der Waals surface area contributed by atoms with Crippen molar-refractivity contribution in [3.8, 4) is 17.0 Å². The molecule has 0 bridgehead atoms. The maximum Gasteiger partial charge on any atom is 0.222 e. The van der Waals surface area contributed by atoms with Crippen molar-refractivity contribution in [3.63, 3.8) is 0 Å². The quantitative estimate of drug-likeness (QED) is 0.256. The van der Waals surface area contributed by atoms with Crippen molar-refractivity contribution < 1.29 is 14.3 Å². The normalized spacial score (nSPS) is 13.1. The number of fused-ring (bicyclic) bond motifs is 1. The van der Waals surface area contributed by atoms with Crippen LogP contribution < -0.4 is 10.5 Å². The standard InChI is InChI=1S/C20H25N3O.C12H16N2O2/c21-19-12-11-18(15-22-19)17-9-7-16(8-10-17)5-4-6-20(24)23-13-2-1-3-14-23;1-15-9-3-7-14-8-5-10-11(14)4-6-13-12(10)16-2/h7-12,15H,1-6,13-14H2,(H2,21,22);4-6,8H,3,7,9H2,1-2H3. The van der Waals surface area contributed by atoms with Gasteiger partial charge in [-0.2, -0.15) is 0 Å².